The molecule has 1 N–H and O–H groups in total. The van der Waals surface area contributed by atoms with Crippen molar-refractivity contribution in [3.8, 4) is 0 Å². The van der Waals surface area contributed by atoms with E-state index < -0.39 is 5.92 Å². The van der Waals surface area contributed by atoms with Crippen LogP contribution in [-0.2, 0) is 13.0 Å². The van der Waals surface area contributed by atoms with Crippen LogP contribution in [0.5, 0.6) is 0 Å². The SMILES string of the molecule is CCCc1ccc(CO)cc1F.CN=C(C=C(C)C)C(C)(F)F. The second-order valence-electron chi connectivity index (χ2n) is 5.55. The summed E-state index contributed by atoms with van der Waals surface area (Å²) in [6.07, 6.45) is 3.09. The van der Waals surface area contributed by atoms with Gasteiger partial charge in [-0.3, -0.25) is 4.99 Å². The van der Waals surface area contributed by atoms with E-state index in [-0.39, 0.29) is 18.1 Å². The molecule has 0 bridgehead atoms. The van der Waals surface area contributed by atoms with E-state index in [2.05, 4.69) is 4.99 Å². The number of rotatable bonds is 5. The third-order valence-corrected chi connectivity index (χ3v) is 2.94. The first kappa shape index (κ1) is 21.4. The second kappa shape index (κ2) is 10.2. The van der Waals surface area contributed by atoms with E-state index in [1.165, 1.54) is 19.2 Å². The van der Waals surface area contributed by atoms with E-state index in [0.29, 0.717) is 5.56 Å². The average Bonchev–Trinajstić information content (AvgIpc) is 2.46. The van der Waals surface area contributed by atoms with Gasteiger partial charge in [-0.15, -0.1) is 0 Å². The molecule has 2 nitrogen and oxygen atoms in total. The number of hydrogen-bond acceptors (Lipinski definition) is 2. The number of aliphatic hydroxyl groups is 1. The van der Waals surface area contributed by atoms with Crippen LogP contribution in [0.15, 0.2) is 34.8 Å². The summed E-state index contributed by atoms with van der Waals surface area (Å²) in [5, 5.41) is 8.72. The Labute approximate surface area is 136 Å². The zero-order valence-corrected chi connectivity index (χ0v) is 14.5. The van der Waals surface area contributed by atoms with Crippen molar-refractivity contribution in [1.29, 1.82) is 0 Å². The summed E-state index contributed by atoms with van der Waals surface area (Å²) in [6, 6.07) is 4.89. The Morgan fingerprint density at radius 2 is 1.91 bits per heavy atom. The maximum absolute atomic E-state index is 13.1. The van der Waals surface area contributed by atoms with Gasteiger partial charge in [0.1, 0.15) is 11.5 Å². The van der Waals surface area contributed by atoms with Gasteiger partial charge in [-0.25, -0.2) is 4.39 Å². The van der Waals surface area contributed by atoms with Crippen molar-refractivity contribution in [1.82, 2.24) is 0 Å². The maximum atomic E-state index is 13.1. The molecular weight excluding hydrogens is 303 g/mol. The number of aryl methyl sites for hydroxylation is 1. The smallest absolute Gasteiger partial charge is 0.286 e. The molecule has 0 amide bonds. The molecule has 1 rings (SSSR count). The zero-order valence-electron chi connectivity index (χ0n) is 14.5. The summed E-state index contributed by atoms with van der Waals surface area (Å²) in [5.74, 6) is -3.03. The van der Waals surface area contributed by atoms with E-state index in [9.17, 15) is 13.2 Å². The largest absolute Gasteiger partial charge is 0.392 e. The standard InChI is InChI=1S/C10H13FO.C8H13F2N/c1-2-3-9-5-4-8(7-12)6-10(9)11;1-6(2)5-7(11-4)8(3,9)10/h4-6,12H,2-3,7H2,1H3;5H,1-4H3. The quantitative estimate of drug-likeness (QED) is 0.762. The van der Waals surface area contributed by atoms with Crippen LogP contribution in [0.2, 0.25) is 0 Å². The van der Waals surface area contributed by atoms with E-state index in [1.807, 2.05) is 6.92 Å². The highest BCUT2D eigenvalue weighted by molar-refractivity contribution is 6.00. The number of alkyl halides is 2. The molecule has 0 heterocycles. The van der Waals surface area contributed by atoms with E-state index in [0.717, 1.165) is 30.9 Å². The highest BCUT2D eigenvalue weighted by atomic mass is 19.3. The van der Waals surface area contributed by atoms with Gasteiger partial charge < -0.3 is 5.11 Å². The maximum Gasteiger partial charge on any atom is 0.286 e. The summed E-state index contributed by atoms with van der Waals surface area (Å²) >= 11 is 0. The minimum absolute atomic E-state index is 0.0939. The normalized spacial score (nSPS) is 11.6. The van der Waals surface area contributed by atoms with Crippen molar-refractivity contribution in [2.45, 2.75) is 53.1 Å². The molecule has 0 unspecified atom stereocenters. The number of hydrogen-bond donors (Lipinski definition) is 1. The lowest BCUT2D eigenvalue weighted by molar-refractivity contribution is 0.101. The van der Waals surface area contributed by atoms with Crippen molar-refractivity contribution in [3.63, 3.8) is 0 Å². The number of benzene rings is 1. The average molecular weight is 329 g/mol. The van der Waals surface area contributed by atoms with Crippen LogP contribution in [0.1, 0.15) is 45.2 Å². The molecule has 5 heteroatoms. The number of aliphatic imine (C=N–C) groups is 1. The Balaban J connectivity index is 0.000000423. The fraction of sp³-hybridized carbons (Fsp3) is 0.500. The molecule has 0 aliphatic carbocycles. The topological polar surface area (TPSA) is 32.6 Å². The van der Waals surface area contributed by atoms with Gasteiger partial charge >= 0.3 is 0 Å². The van der Waals surface area contributed by atoms with E-state index in [4.69, 9.17) is 5.11 Å². The van der Waals surface area contributed by atoms with Gasteiger partial charge in [0.2, 0.25) is 0 Å². The van der Waals surface area contributed by atoms with Gasteiger partial charge in [0.25, 0.3) is 5.92 Å². The predicted octanol–water partition coefficient (Wildman–Crippen LogP) is 4.95. The Bertz CT molecular complexity index is 542. The van der Waals surface area contributed by atoms with Crippen LogP contribution in [-0.4, -0.2) is 23.8 Å². The minimum atomic E-state index is -2.83. The van der Waals surface area contributed by atoms with Gasteiger partial charge in [-0.05, 0) is 43.5 Å². The van der Waals surface area contributed by atoms with Crippen LogP contribution in [0.4, 0.5) is 13.2 Å². The van der Waals surface area contributed by atoms with Crippen LogP contribution < -0.4 is 0 Å². The molecule has 23 heavy (non-hydrogen) atoms. The first-order chi connectivity index (χ1) is 10.6. The molecule has 1 aromatic rings. The molecule has 0 fully saturated rings. The fourth-order valence-corrected chi connectivity index (χ4v) is 1.82. The summed E-state index contributed by atoms with van der Waals surface area (Å²) < 4.78 is 38.3. The number of allylic oxidation sites excluding steroid dienone is 2. The monoisotopic (exact) mass is 329 g/mol. The van der Waals surface area contributed by atoms with Gasteiger partial charge in [0.15, 0.2) is 0 Å². The summed E-state index contributed by atoms with van der Waals surface area (Å²) in [4.78, 5) is 3.49. The Hall–Kier alpha value is -1.62. The molecule has 0 saturated heterocycles. The molecule has 0 aliphatic rings. The van der Waals surface area contributed by atoms with Crippen LogP contribution >= 0.6 is 0 Å². The van der Waals surface area contributed by atoms with E-state index in [1.54, 1.807) is 26.0 Å². The number of halogens is 3. The molecule has 0 saturated carbocycles. The molecule has 0 radical (unpaired) electrons. The first-order valence-electron chi connectivity index (χ1n) is 7.53. The third kappa shape index (κ3) is 8.55. The lowest BCUT2D eigenvalue weighted by atomic mass is 10.1. The van der Waals surface area contributed by atoms with Gasteiger partial charge in [0.05, 0.1) is 6.61 Å². The summed E-state index contributed by atoms with van der Waals surface area (Å²) in [6.45, 7) is 6.28. The lowest BCUT2D eigenvalue weighted by Crippen LogP contribution is -2.22. The molecular formula is C18H26F3NO. The van der Waals surface area contributed by atoms with Crippen LogP contribution in [0.25, 0.3) is 0 Å². The third-order valence-electron chi connectivity index (χ3n) is 2.94. The summed E-state index contributed by atoms with van der Waals surface area (Å²) in [5.41, 5.74) is 2.02. The Morgan fingerprint density at radius 3 is 2.22 bits per heavy atom. The van der Waals surface area contributed by atoms with Gasteiger partial charge in [-0.2, -0.15) is 8.78 Å². The Kier molecular flexibility index (Phi) is 9.49. The van der Waals surface area contributed by atoms with E-state index >= 15 is 0 Å². The van der Waals surface area contributed by atoms with Crippen molar-refractivity contribution in [2.75, 3.05) is 7.05 Å². The highest BCUT2D eigenvalue weighted by Gasteiger charge is 2.26. The molecule has 1 aromatic carbocycles. The van der Waals surface area contributed by atoms with Crippen molar-refractivity contribution in [3.05, 3.63) is 46.8 Å². The lowest BCUT2D eigenvalue weighted by Gasteiger charge is -2.09. The minimum Gasteiger partial charge on any atom is -0.392 e. The fourth-order valence-electron chi connectivity index (χ4n) is 1.82. The van der Waals surface area contributed by atoms with Crippen LogP contribution in [0.3, 0.4) is 0 Å². The number of aliphatic hydroxyl groups excluding tert-OH is 1. The number of nitrogens with zero attached hydrogens (tertiary/aromatic N) is 1. The van der Waals surface area contributed by atoms with Crippen molar-refractivity contribution >= 4 is 5.71 Å². The second-order valence-corrected chi connectivity index (χ2v) is 5.55. The Morgan fingerprint density at radius 1 is 1.30 bits per heavy atom. The molecule has 130 valence electrons. The first-order valence-corrected chi connectivity index (χ1v) is 7.53. The predicted molar refractivity (Wildman–Crippen MR) is 89.7 cm³/mol. The molecule has 0 aromatic heterocycles. The molecule has 0 spiro atoms. The molecule has 0 atom stereocenters. The van der Waals surface area contributed by atoms with Crippen molar-refractivity contribution in [2.24, 2.45) is 4.99 Å². The highest BCUT2D eigenvalue weighted by Crippen LogP contribution is 2.16. The van der Waals surface area contributed by atoms with Gasteiger partial charge in [0, 0.05) is 14.0 Å². The van der Waals surface area contributed by atoms with Crippen LogP contribution in [0, 0.1) is 5.82 Å². The van der Waals surface area contributed by atoms with Gasteiger partial charge in [-0.1, -0.05) is 31.1 Å². The zero-order chi connectivity index (χ0) is 18.0. The summed E-state index contributed by atoms with van der Waals surface area (Å²) in [7, 11) is 1.37. The molecule has 0 aliphatic heterocycles. The van der Waals surface area contributed by atoms with Crippen molar-refractivity contribution < 1.29 is 18.3 Å².